The van der Waals surface area contributed by atoms with Crippen molar-refractivity contribution in [3.8, 4) is 11.5 Å². The van der Waals surface area contributed by atoms with Crippen LogP contribution < -0.4 is 14.8 Å². The average molecular weight is 393 g/mol. The number of aliphatic carboxylic acids is 1. The molecule has 0 saturated carbocycles. The summed E-state index contributed by atoms with van der Waals surface area (Å²) in [7, 11) is 0. The van der Waals surface area contributed by atoms with Crippen molar-refractivity contribution in [2.24, 2.45) is 0 Å². The fourth-order valence-electron chi connectivity index (χ4n) is 2.46. The lowest BCUT2D eigenvalue weighted by molar-refractivity contribution is -0.147. The van der Waals surface area contributed by atoms with Gasteiger partial charge >= 0.3 is 11.9 Å². The lowest BCUT2D eigenvalue weighted by Gasteiger charge is -2.19. The van der Waals surface area contributed by atoms with Crippen LogP contribution in [0.25, 0.3) is 0 Å². The molecule has 0 aromatic heterocycles. The molecular weight excluding hydrogens is 372 g/mol. The monoisotopic (exact) mass is 393 g/mol. The molecule has 0 bridgehead atoms. The molecule has 0 saturated heterocycles. The molecule has 1 amide bonds. The molecule has 0 radical (unpaired) electrons. The third kappa shape index (κ3) is 5.67. The molecule has 6 nitrogen and oxygen atoms in total. The maximum atomic E-state index is 14.5. The Balaban J connectivity index is 1.92. The number of ether oxygens (including phenoxy) is 2. The molecule has 2 aromatic carbocycles. The van der Waals surface area contributed by atoms with Gasteiger partial charge in [-0.15, -0.1) is 0 Å². The largest absolute Gasteiger partial charge is 0.493 e. The van der Waals surface area contributed by atoms with E-state index in [2.05, 4.69) is 5.32 Å². The van der Waals surface area contributed by atoms with Crippen molar-refractivity contribution in [3.63, 3.8) is 0 Å². The number of halogens is 2. The SMILES string of the molecule is CCOc1ccccc1C(F)(F)C(=O)NCCc1ccc(OCC(=O)O)cc1. The number of alkyl halides is 2. The first-order chi connectivity index (χ1) is 13.3. The zero-order chi connectivity index (χ0) is 20.6. The fourth-order valence-corrected chi connectivity index (χ4v) is 2.46. The number of hydrogen-bond acceptors (Lipinski definition) is 4. The third-order valence-electron chi connectivity index (χ3n) is 3.80. The first-order valence-electron chi connectivity index (χ1n) is 8.66. The lowest BCUT2D eigenvalue weighted by atomic mass is 10.1. The van der Waals surface area contributed by atoms with Crippen molar-refractivity contribution in [1.29, 1.82) is 0 Å². The third-order valence-corrected chi connectivity index (χ3v) is 3.80. The van der Waals surface area contributed by atoms with Crippen LogP contribution in [0.15, 0.2) is 48.5 Å². The van der Waals surface area contributed by atoms with Crippen LogP contribution in [0.3, 0.4) is 0 Å². The lowest BCUT2D eigenvalue weighted by Crippen LogP contribution is -2.39. The van der Waals surface area contributed by atoms with E-state index >= 15 is 0 Å². The minimum absolute atomic E-state index is 0.0144. The highest BCUT2D eigenvalue weighted by Crippen LogP contribution is 2.35. The Morgan fingerprint density at radius 2 is 1.75 bits per heavy atom. The van der Waals surface area contributed by atoms with Gasteiger partial charge in [0.15, 0.2) is 6.61 Å². The number of amides is 1. The Morgan fingerprint density at radius 1 is 1.07 bits per heavy atom. The molecular formula is C20H21F2NO5. The van der Waals surface area contributed by atoms with E-state index in [1.165, 1.54) is 18.2 Å². The number of para-hydroxylation sites is 1. The van der Waals surface area contributed by atoms with Gasteiger partial charge in [-0.1, -0.05) is 24.3 Å². The number of carbonyl (C=O) groups is 2. The van der Waals surface area contributed by atoms with Crippen LogP contribution in [-0.2, 0) is 21.9 Å². The van der Waals surface area contributed by atoms with E-state index in [4.69, 9.17) is 14.6 Å². The summed E-state index contributed by atoms with van der Waals surface area (Å²) < 4.78 is 39.2. The molecule has 0 heterocycles. The number of nitrogens with one attached hydrogen (secondary N) is 1. The predicted octanol–water partition coefficient (Wildman–Crippen LogP) is 3.00. The Kier molecular flexibility index (Phi) is 7.31. The Morgan fingerprint density at radius 3 is 2.39 bits per heavy atom. The van der Waals surface area contributed by atoms with Crippen molar-refractivity contribution in [3.05, 3.63) is 59.7 Å². The number of carboxylic acids is 1. The Bertz CT molecular complexity index is 808. The summed E-state index contributed by atoms with van der Waals surface area (Å²) in [5, 5.41) is 10.8. The topological polar surface area (TPSA) is 84.9 Å². The highest BCUT2D eigenvalue weighted by molar-refractivity contribution is 5.85. The molecule has 0 aliphatic rings. The second-order valence-electron chi connectivity index (χ2n) is 5.84. The quantitative estimate of drug-likeness (QED) is 0.648. The van der Waals surface area contributed by atoms with Crippen LogP contribution in [-0.4, -0.2) is 36.7 Å². The molecule has 0 atom stereocenters. The molecule has 150 valence electrons. The van der Waals surface area contributed by atoms with E-state index in [0.717, 1.165) is 5.56 Å². The van der Waals surface area contributed by atoms with E-state index in [0.29, 0.717) is 12.2 Å². The molecule has 28 heavy (non-hydrogen) atoms. The molecule has 0 aliphatic heterocycles. The second-order valence-corrected chi connectivity index (χ2v) is 5.84. The van der Waals surface area contributed by atoms with Gasteiger partial charge in [0.05, 0.1) is 12.2 Å². The summed E-state index contributed by atoms with van der Waals surface area (Å²) in [4.78, 5) is 22.5. The van der Waals surface area contributed by atoms with Gasteiger partial charge in [-0.05, 0) is 43.2 Å². The summed E-state index contributed by atoms with van der Waals surface area (Å²) in [6.45, 7) is 1.45. The van der Waals surface area contributed by atoms with Crippen LogP contribution in [0.5, 0.6) is 11.5 Å². The van der Waals surface area contributed by atoms with Gasteiger partial charge in [0.1, 0.15) is 11.5 Å². The molecule has 2 aromatic rings. The van der Waals surface area contributed by atoms with Gasteiger partial charge in [-0.3, -0.25) is 4.79 Å². The number of rotatable bonds is 10. The molecule has 0 fully saturated rings. The van der Waals surface area contributed by atoms with Crippen molar-refractivity contribution in [2.45, 2.75) is 19.3 Å². The summed E-state index contributed by atoms with van der Waals surface area (Å²) in [6, 6.07) is 12.0. The van der Waals surface area contributed by atoms with Crippen LogP contribution >= 0.6 is 0 Å². The van der Waals surface area contributed by atoms with Gasteiger partial charge in [-0.25, -0.2) is 4.79 Å². The van der Waals surface area contributed by atoms with Gasteiger partial charge in [0, 0.05) is 6.54 Å². The molecule has 0 spiro atoms. The molecule has 2 N–H and O–H groups in total. The smallest absolute Gasteiger partial charge is 0.353 e. The maximum absolute atomic E-state index is 14.5. The first kappa shape index (κ1) is 21.1. The summed E-state index contributed by atoms with van der Waals surface area (Å²) in [6.07, 6.45) is 0.328. The van der Waals surface area contributed by atoms with E-state index in [9.17, 15) is 18.4 Å². The number of carbonyl (C=O) groups excluding carboxylic acids is 1. The molecule has 0 unspecified atom stereocenters. The van der Waals surface area contributed by atoms with Crippen LogP contribution in [0.4, 0.5) is 8.78 Å². The van der Waals surface area contributed by atoms with E-state index in [-0.39, 0.29) is 18.9 Å². The van der Waals surface area contributed by atoms with Crippen molar-refractivity contribution in [1.82, 2.24) is 5.32 Å². The van der Waals surface area contributed by atoms with Gasteiger partial charge in [0.2, 0.25) is 0 Å². The van der Waals surface area contributed by atoms with Crippen LogP contribution in [0.2, 0.25) is 0 Å². The summed E-state index contributed by atoms with van der Waals surface area (Å²) in [5.41, 5.74) is 0.301. The number of hydrogen-bond donors (Lipinski definition) is 2. The van der Waals surface area contributed by atoms with Crippen molar-refractivity contribution in [2.75, 3.05) is 19.8 Å². The fraction of sp³-hybridized carbons (Fsp3) is 0.300. The highest BCUT2D eigenvalue weighted by Gasteiger charge is 2.43. The average Bonchev–Trinajstić information content (AvgIpc) is 2.67. The van der Waals surface area contributed by atoms with Gasteiger partial charge in [-0.2, -0.15) is 8.78 Å². The summed E-state index contributed by atoms with van der Waals surface area (Å²) in [5.74, 6) is -5.85. The van der Waals surface area contributed by atoms with Crippen LogP contribution in [0, 0.1) is 0 Å². The first-order valence-corrected chi connectivity index (χ1v) is 8.66. The van der Waals surface area contributed by atoms with Crippen molar-refractivity contribution < 1.29 is 33.0 Å². The van der Waals surface area contributed by atoms with Crippen LogP contribution in [0.1, 0.15) is 18.1 Å². The Hall–Kier alpha value is -3.16. The minimum atomic E-state index is -3.72. The molecule has 0 aliphatic carbocycles. The summed E-state index contributed by atoms with van der Waals surface area (Å²) >= 11 is 0. The van der Waals surface area contributed by atoms with E-state index in [1.54, 1.807) is 37.3 Å². The standard InChI is InChI=1S/C20H21F2NO5/c1-2-27-17-6-4-3-5-16(17)20(21,22)19(26)23-12-11-14-7-9-15(10-8-14)28-13-18(24)25/h3-10H,2,11-13H2,1H3,(H,23,26)(H,24,25). The number of benzene rings is 2. The van der Waals surface area contributed by atoms with Gasteiger partial charge < -0.3 is 19.9 Å². The zero-order valence-electron chi connectivity index (χ0n) is 15.3. The number of carboxylic acid groups (broad SMARTS) is 1. The second kappa shape index (κ2) is 9.68. The normalized spacial score (nSPS) is 11.0. The van der Waals surface area contributed by atoms with E-state index in [1.807, 2.05) is 0 Å². The Labute approximate surface area is 161 Å². The zero-order valence-corrected chi connectivity index (χ0v) is 15.3. The maximum Gasteiger partial charge on any atom is 0.353 e. The van der Waals surface area contributed by atoms with Gasteiger partial charge in [0.25, 0.3) is 5.91 Å². The molecule has 8 heteroatoms. The van der Waals surface area contributed by atoms with E-state index < -0.39 is 30.0 Å². The predicted molar refractivity (Wildman–Crippen MR) is 97.8 cm³/mol. The van der Waals surface area contributed by atoms with Crippen molar-refractivity contribution >= 4 is 11.9 Å². The minimum Gasteiger partial charge on any atom is -0.493 e. The molecule has 2 rings (SSSR count). The highest BCUT2D eigenvalue weighted by atomic mass is 19.3.